The fourth-order valence-electron chi connectivity index (χ4n) is 2.41. The lowest BCUT2D eigenvalue weighted by atomic mass is 10.2. The number of nitrogens with one attached hydrogen (secondary N) is 1. The Morgan fingerprint density at radius 3 is 2.68 bits per heavy atom. The normalized spacial score (nSPS) is 10.8. The first kappa shape index (κ1) is 14.1. The highest BCUT2D eigenvalue weighted by Gasteiger charge is 2.16. The van der Waals surface area contributed by atoms with E-state index in [1.54, 1.807) is 11.9 Å². The SMILES string of the molecule is Cc1cc2c(N(C)CC(=O)O)nc(-c3ccccc3)nc2[nH]1. The molecule has 0 aliphatic rings. The molecule has 0 unspecified atom stereocenters. The molecule has 0 saturated carbocycles. The van der Waals surface area contributed by atoms with Gasteiger partial charge in [0.05, 0.1) is 5.39 Å². The molecule has 2 heterocycles. The number of fused-ring (bicyclic) bond motifs is 1. The van der Waals surface area contributed by atoms with Gasteiger partial charge in [-0.2, -0.15) is 0 Å². The average Bonchev–Trinajstić information content (AvgIpc) is 2.86. The number of aromatic amines is 1. The highest BCUT2D eigenvalue weighted by Crippen LogP contribution is 2.27. The van der Waals surface area contributed by atoms with Crippen molar-refractivity contribution in [3.63, 3.8) is 0 Å². The van der Waals surface area contributed by atoms with Crippen LogP contribution in [0.5, 0.6) is 0 Å². The lowest BCUT2D eigenvalue weighted by Gasteiger charge is -2.17. The smallest absolute Gasteiger partial charge is 0.323 e. The summed E-state index contributed by atoms with van der Waals surface area (Å²) in [4.78, 5) is 24.9. The van der Waals surface area contributed by atoms with Crippen molar-refractivity contribution in [1.82, 2.24) is 15.0 Å². The molecule has 0 spiro atoms. The number of nitrogens with zero attached hydrogens (tertiary/aromatic N) is 3. The lowest BCUT2D eigenvalue weighted by molar-refractivity contribution is -0.135. The molecule has 1 aromatic carbocycles. The van der Waals surface area contributed by atoms with E-state index in [1.165, 1.54) is 0 Å². The quantitative estimate of drug-likeness (QED) is 0.773. The summed E-state index contributed by atoms with van der Waals surface area (Å²) in [5.74, 6) is 0.278. The van der Waals surface area contributed by atoms with Crippen molar-refractivity contribution in [2.75, 3.05) is 18.5 Å². The number of anilines is 1. The van der Waals surface area contributed by atoms with Gasteiger partial charge in [-0.25, -0.2) is 9.97 Å². The number of carbonyl (C=O) groups is 1. The minimum absolute atomic E-state index is 0.120. The zero-order chi connectivity index (χ0) is 15.7. The number of benzene rings is 1. The number of H-pyrrole nitrogens is 1. The molecule has 3 rings (SSSR count). The fourth-order valence-corrected chi connectivity index (χ4v) is 2.41. The molecule has 0 aliphatic carbocycles. The molecule has 0 saturated heterocycles. The zero-order valence-corrected chi connectivity index (χ0v) is 12.4. The topological polar surface area (TPSA) is 82.1 Å². The third-order valence-corrected chi connectivity index (χ3v) is 3.37. The molecule has 112 valence electrons. The van der Waals surface area contributed by atoms with Gasteiger partial charge in [-0.05, 0) is 13.0 Å². The molecule has 2 aromatic heterocycles. The van der Waals surface area contributed by atoms with Crippen molar-refractivity contribution in [2.45, 2.75) is 6.92 Å². The maximum atomic E-state index is 11.0. The second-order valence-corrected chi connectivity index (χ2v) is 5.20. The first-order chi connectivity index (χ1) is 10.5. The second-order valence-electron chi connectivity index (χ2n) is 5.20. The number of likely N-dealkylation sites (N-methyl/N-ethyl adjacent to an activating group) is 1. The molecule has 0 amide bonds. The number of aryl methyl sites for hydroxylation is 1. The molecule has 0 atom stereocenters. The minimum atomic E-state index is -0.900. The zero-order valence-electron chi connectivity index (χ0n) is 12.4. The number of carboxylic acid groups (broad SMARTS) is 1. The molecule has 0 aliphatic heterocycles. The molecule has 0 bridgehead atoms. The lowest BCUT2D eigenvalue weighted by Crippen LogP contribution is -2.26. The van der Waals surface area contributed by atoms with E-state index in [4.69, 9.17) is 5.11 Å². The average molecular weight is 296 g/mol. The van der Waals surface area contributed by atoms with Gasteiger partial charge in [-0.15, -0.1) is 0 Å². The van der Waals surface area contributed by atoms with Crippen LogP contribution in [0.1, 0.15) is 5.69 Å². The van der Waals surface area contributed by atoms with Crippen molar-refractivity contribution in [3.05, 3.63) is 42.1 Å². The first-order valence-electron chi connectivity index (χ1n) is 6.90. The van der Waals surface area contributed by atoms with Gasteiger partial charge < -0.3 is 15.0 Å². The van der Waals surface area contributed by atoms with Crippen molar-refractivity contribution >= 4 is 22.8 Å². The molecule has 6 heteroatoms. The standard InChI is InChI=1S/C16H16N4O2/c1-10-8-12-15(17-10)18-14(11-6-4-3-5-7-11)19-16(12)20(2)9-13(21)22/h3-8H,9H2,1-2H3,(H,21,22)(H,17,18,19). The van der Waals surface area contributed by atoms with Crippen molar-refractivity contribution in [3.8, 4) is 11.4 Å². The van der Waals surface area contributed by atoms with Crippen LogP contribution < -0.4 is 4.90 Å². The van der Waals surface area contributed by atoms with Crippen LogP contribution in [0.25, 0.3) is 22.4 Å². The Bertz CT molecular complexity index is 827. The molecular formula is C16H16N4O2. The number of rotatable bonds is 4. The van der Waals surface area contributed by atoms with E-state index in [1.807, 2.05) is 43.3 Å². The van der Waals surface area contributed by atoms with Crippen LogP contribution in [-0.2, 0) is 4.79 Å². The fraction of sp³-hybridized carbons (Fsp3) is 0.188. The third-order valence-electron chi connectivity index (χ3n) is 3.37. The van der Waals surface area contributed by atoms with Gasteiger partial charge in [0.15, 0.2) is 5.82 Å². The molecule has 0 fully saturated rings. The van der Waals surface area contributed by atoms with E-state index in [0.29, 0.717) is 17.3 Å². The summed E-state index contributed by atoms with van der Waals surface area (Å²) in [6.07, 6.45) is 0. The predicted molar refractivity (Wildman–Crippen MR) is 85.0 cm³/mol. The van der Waals surface area contributed by atoms with E-state index < -0.39 is 5.97 Å². The van der Waals surface area contributed by atoms with Crippen molar-refractivity contribution in [1.29, 1.82) is 0 Å². The summed E-state index contributed by atoms with van der Waals surface area (Å²) in [6, 6.07) is 11.6. The molecule has 2 N–H and O–H groups in total. The summed E-state index contributed by atoms with van der Waals surface area (Å²) in [7, 11) is 1.72. The van der Waals surface area contributed by atoms with Gasteiger partial charge in [0.1, 0.15) is 18.0 Å². The minimum Gasteiger partial charge on any atom is -0.480 e. The Labute approximate surface area is 127 Å². The Morgan fingerprint density at radius 2 is 2.00 bits per heavy atom. The van der Waals surface area contributed by atoms with Crippen molar-refractivity contribution in [2.24, 2.45) is 0 Å². The van der Waals surface area contributed by atoms with E-state index in [-0.39, 0.29) is 6.54 Å². The van der Waals surface area contributed by atoms with Crippen LogP contribution in [0.15, 0.2) is 36.4 Å². The predicted octanol–water partition coefficient (Wildman–Crippen LogP) is 2.45. The summed E-state index contributed by atoms with van der Waals surface area (Å²) in [5, 5.41) is 9.84. The number of carboxylic acids is 1. The molecule has 22 heavy (non-hydrogen) atoms. The number of aromatic nitrogens is 3. The van der Waals surface area contributed by atoms with Gasteiger partial charge >= 0.3 is 5.97 Å². The first-order valence-corrected chi connectivity index (χ1v) is 6.90. The summed E-state index contributed by atoms with van der Waals surface area (Å²) in [5.41, 5.74) is 2.56. The Hall–Kier alpha value is -2.89. The van der Waals surface area contributed by atoms with Gasteiger partial charge in [0, 0.05) is 18.3 Å². The molecule has 6 nitrogen and oxygen atoms in total. The maximum Gasteiger partial charge on any atom is 0.323 e. The second kappa shape index (κ2) is 5.48. The molecule has 0 radical (unpaired) electrons. The number of hydrogen-bond acceptors (Lipinski definition) is 4. The third kappa shape index (κ3) is 2.63. The Morgan fingerprint density at radius 1 is 1.27 bits per heavy atom. The largest absolute Gasteiger partial charge is 0.480 e. The molecule has 3 aromatic rings. The van der Waals surface area contributed by atoms with Gasteiger partial charge in [0.25, 0.3) is 0 Å². The van der Waals surface area contributed by atoms with E-state index in [2.05, 4.69) is 15.0 Å². The highest BCUT2D eigenvalue weighted by atomic mass is 16.4. The van der Waals surface area contributed by atoms with E-state index >= 15 is 0 Å². The van der Waals surface area contributed by atoms with Crippen LogP contribution in [0.2, 0.25) is 0 Å². The van der Waals surface area contributed by atoms with E-state index in [0.717, 1.165) is 16.6 Å². The number of hydrogen-bond donors (Lipinski definition) is 2. The Balaban J connectivity index is 2.18. The van der Waals surface area contributed by atoms with Crippen LogP contribution in [0, 0.1) is 6.92 Å². The van der Waals surface area contributed by atoms with Gasteiger partial charge in [0.2, 0.25) is 0 Å². The Kier molecular flexibility index (Phi) is 3.50. The van der Waals surface area contributed by atoms with Crippen molar-refractivity contribution < 1.29 is 9.90 Å². The van der Waals surface area contributed by atoms with Crippen LogP contribution in [0.3, 0.4) is 0 Å². The monoisotopic (exact) mass is 296 g/mol. The van der Waals surface area contributed by atoms with Gasteiger partial charge in [-0.3, -0.25) is 4.79 Å². The maximum absolute atomic E-state index is 11.0. The van der Waals surface area contributed by atoms with Crippen LogP contribution in [-0.4, -0.2) is 39.6 Å². The molecular weight excluding hydrogens is 280 g/mol. The highest BCUT2D eigenvalue weighted by molar-refractivity contribution is 5.91. The van der Waals surface area contributed by atoms with Crippen LogP contribution >= 0.6 is 0 Å². The van der Waals surface area contributed by atoms with Crippen LogP contribution in [0.4, 0.5) is 5.82 Å². The summed E-state index contributed by atoms with van der Waals surface area (Å²) < 4.78 is 0. The van der Waals surface area contributed by atoms with Gasteiger partial charge in [-0.1, -0.05) is 30.3 Å². The summed E-state index contributed by atoms with van der Waals surface area (Å²) >= 11 is 0. The number of aliphatic carboxylic acids is 1. The van der Waals surface area contributed by atoms with E-state index in [9.17, 15) is 4.79 Å². The summed E-state index contributed by atoms with van der Waals surface area (Å²) in [6.45, 7) is 1.81.